The highest BCUT2D eigenvalue weighted by molar-refractivity contribution is 5.95. The first-order valence-electron chi connectivity index (χ1n) is 13.0. The highest BCUT2D eigenvalue weighted by atomic mass is 16.5. The molecular weight excluding hydrogens is 442 g/mol. The number of aliphatic imine (C=N–C) groups is 1. The first-order chi connectivity index (χ1) is 17.0. The number of carbonyl (C=O) groups is 1. The van der Waals surface area contributed by atoms with Crippen LogP contribution in [0.25, 0.3) is 0 Å². The molecule has 3 aliphatic rings. The molecule has 0 amide bonds. The van der Waals surface area contributed by atoms with Gasteiger partial charge < -0.3 is 19.9 Å². The SMILES string of the molecule is C=CC(CCCCO[C@@H]1CCN(C(C(=O)O)c2ccccc2OC2CC2)C1)=NC1=C(C)CCCN1. The molecule has 2 atom stereocenters. The average Bonchev–Trinajstić information content (AvgIpc) is 3.55. The molecule has 1 saturated heterocycles. The molecule has 2 N–H and O–H groups in total. The number of para-hydroxylation sites is 1. The normalized spacial score (nSPS) is 22.1. The van der Waals surface area contributed by atoms with E-state index in [0.29, 0.717) is 25.4 Å². The second-order valence-corrected chi connectivity index (χ2v) is 9.80. The van der Waals surface area contributed by atoms with Crippen molar-refractivity contribution in [2.45, 2.75) is 76.5 Å². The van der Waals surface area contributed by atoms with Crippen molar-refractivity contribution in [1.82, 2.24) is 10.2 Å². The lowest BCUT2D eigenvalue weighted by Crippen LogP contribution is -2.33. The summed E-state index contributed by atoms with van der Waals surface area (Å²) in [5.41, 5.74) is 3.06. The van der Waals surface area contributed by atoms with E-state index in [1.165, 1.54) is 5.57 Å². The van der Waals surface area contributed by atoms with Crippen LogP contribution in [0.5, 0.6) is 5.75 Å². The van der Waals surface area contributed by atoms with E-state index in [0.717, 1.165) is 75.0 Å². The summed E-state index contributed by atoms with van der Waals surface area (Å²) in [6.45, 7) is 9.04. The van der Waals surface area contributed by atoms with Gasteiger partial charge in [-0.05, 0) is 76.0 Å². The molecule has 1 aliphatic carbocycles. The van der Waals surface area contributed by atoms with Gasteiger partial charge in [0.25, 0.3) is 0 Å². The topological polar surface area (TPSA) is 83.4 Å². The van der Waals surface area contributed by atoms with E-state index < -0.39 is 12.0 Å². The van der Waals surface area contributed by atoms with Crippen molar-refractivity contribution in [3.63, 3.8) is 0 Å². The van der Waals surface area contributed by atoms with Gasteiger partial charge in [0.05, 0.1) is 12.2 Å². The number of ether oxygens (including phenoxy) is 2. The zero-order valence-corrected chi connectivity index (χ0v) is 20.9. The molecule has 0 bridgehead atoms. The number of allylic oxidation sites excluding steroid dienone is 2. The summed E-state index contributed by atoms with van der Waals surface area (Å²) in [5, 5.41) is 13.4. The molecule has 2 heterocycles. The Balaban J connectivity index is 1.24. The van der Waals surface area contributed by atoms with Crippen LogP contribution in [0.15, 0.2) is 53.3 Å². The van der Waals surface area contributed by atoms with E-state index in [2.05, 4.69) is 18.8 Å². The minimum Gasteiger partial charge on any atom is -0.490 e. The Bertz CT molecular complexity index is 953. The van der Waals surface area contributed by atoms with Crippen LogP contribution in [-0.4, -0.2) is 60.1 Å². The van der Waals surface area contributed by atoms with Crippen LogP contribution in [0.2, 0.25) is 0 Å². The predicted octanol–water partition coefficient (Wildman–Crippen LogP) is 4.86. The first-order valence-corrected chi connectivity index (χ1v) is 13.0. The van der Waals surface area contributed by atoms with Crippen LogP contribution < -0.4 is 10.1 Å². The molecule has 190 valence electrons. The monoisotopic (exact) mass is 481 g/mol. The van der Waals surface area contributed by atoms with Gasteiger partial charge in [-0.25, -0.2) is 4.99 Å². The lowest BCUT2D eigenvalue weighted by Gasteiger charge is -2.26. The van der Waals surface area contributed by atoms with Gasteiger partial charge in [0.1, 0.15) is 17.6 Å². The third-order valence-corrected chi connectivity index (χ3v) is 6.90. The standard InChI is InChI=1S/C28H39N3O4/c1-3-21(30-27-20(2)9-8-16-29-27)10-6-7-18-34-23-15-17-31(19-23)26(28(32)33)24-11-4-5-12-25(24)35-22-13-14-22/h3-5,11-12,22-23,26,29H,1,6-10,13-19H2,2H3,(H,32,33)/t23-,26?/m1/s1. The molecule has 1 aromatic carbocycles. The number of carboxylic acid groups (broad SMARTS) is 1. The van der Waals surface area contributed by atoms with Crippen LogP contribution in [0.4, 0.5) is 0 Å². The Morgan fingerprint density at radius 1 is 1.29 bits per heavy atom. The van der Waals surface area contributed by atoms with E-state index in [1.54, 1.807) is 0 Å². The third kappa shape index (κ3) is 7.18. The number of carboxylic acids is 1. The summed E-state index contributed by atoms with van der Waals surface area (Å²) in [6.07, 6.45) is 10.1. The van der Waals surface area contributed by atoms with Crippen LogP contribution in [0.1, 0.15) is 69.9 Å². The maximum atomic E-state index is 12.2. The lowest BCUT2D eigenvalue weighted by atomic mass is 10.0. The number of aliphatic carboxylic acids is 1. The highest BCUT2D eigenvalue weighted by Gasteiger charge is 2.36. The molecule has 2 aliphatic heterocycles. The van der Waals surface area contributed by atoms with Crippen LogP contribution >= 0.6 is 0 Å². The van der Waals surface area contributed by atoms with E-state index in [4.69, 9.17) is 14.5 Å². The zero-order chi connectivity index (χ0) is 24.6. The predicted molar refractivity (Wildman–Crippen MR) is 138 cm³/mol. The molecule has 0 aromatic heterocycles. The Morgan fingerprint density at radius 3 is 2.86 bits per heavy atom. The maximum Gasteiger partial charge on any atom is 0.325 e. The minimum atomic E-state index is -0.841. The lowest BCUT2D eigenvalue weighted by molar-refractivity contribution is -0.143. The van der Waals surface area contributed by atoms with Crippen LogP contribution in [0.3, 0.4) is 0 Å². The number of nitrogens with one attached hydrogen (secondary N) is 1. The zero-order valence-electron chi connectivity index (χ0n) is 20.9. The number of unbranched alkanes of at least 4 members (excludes halogenated alkanes) is 1. The van der Waals surface area contributed by atoms with Crippen molar-refractivity contribution in [3.8, 4) is 5.75 Å². The molecule has 4 rings (SSSR count). The van der Waals surface area contributed by atoms with Crippen molar-refractivity contribution in [2.75, 3.05) is 26.2 Å². The maximum absolute atomic E-state index is 12.2. The fourth-order valence-electron chi connectivity index (χ4n) is 4.76. The van der Waals surface area contributed by atoms with E-state index >= 15 is 0 Å². The molecule has 2 fully saturated rings. The summed E-state index contributed by atoms with van der Waals surface area (Å²) in [6, 6.07) is 6.84. The first kappa shape index (κ1) is 25.5. The van der Waals surface area contributed by atoms with Crippen molar-refractivity contribution in [3.05, 3.63) is 53.9 Å². The largest absolute Gasteiger partial charge is 0.490 e. The van der Waals surface area contributed by atoms with Gasteiger partial charge in [-0.3, -0.25) is 9.69 Å². The van der Waals surface area contributed by atoms with Crippen molar-refractivity contribution in [1.29, 1.82) is 0 Å². The number of nitrogens with zero attached hydrogens (tertiary/aromatic N) is 2. The third-order valence-electron chi connectivity index (χ3n) is 6.90. The molecule has 35 heavy (non-hydrogen) atoms. The van der Waals surface area contributed by atoms with Gasteiger partial charge >= 0.3 is 5.97 Å². The fraction of sp³-hybridized carbons (Fsp3) is 0.571. The van der Waals surface area contributed by atoms with Crippen molar-refractivity contribution >= 4 is 11.7 Å². The summed E-state index contributed by atoms with van der Waals surface area (Å²) in [4.78, 5) is 19.0. The van der Waals surface area contributed by atoms with E-state index in [9.17, 15) is 9.90 Å². The molecular formula is C28H39N3O4. The molecule has 1 aromatic rings. The highest BCUT2D eigenvalue weighted by Crippen LogP contribution is 2.36. The summed E-state index contributed by atoms with van der Waals surface area (Å²) >= 11 is 0. The summed E-state index contributed by atoms with van der Waals surface area (Å²) in [7, 11) is 0. The van der Waals surface area contributed by atoms with E-state index in [-0.39, 0.29) is 12.2 Å². The number of likely N-dealkylation sites (tertiary alicyclic amines) is 1. The van der Waals surface area contributed by atoms with Gasteiger partial charge in [0.2, 0.25) is 0 Å². The number of hydrogen-bond acceptors (Lipinski definition) is 6. The average molecular weight is 482 g/mol. The Hall–Kier alpha value is -2.64. The summed E-state index contributed by atoms with van der Waals surface area (Å²) in [5.74, 6) is 0.859. The number of benzene rings is 1. The summed E-state index contributed by atoms with van der Waals surface area (Å²) < 4.78 is 12.1. The van der Waals surface area contributed by atoms with Gasteiger partial charge in [0, 0.05) is 37.5 Å². The molecule has 0 radical (unpaired) electrons. The Morgan fingerprint density at radius 2 is 2.11 bits per heavy atom. The van der Waals surface area contributed by atoms with Crippen molar-refractivity contribution < 1.29 is 19.4 Å². The van der Waals surface area contributed by atoms with Gasteiger partial charge in [-0.15, -0.1) is 0 Å². The molecule has 1 unspecified atom stereocenters. The molecule has 7 nitrogen and oxygen atoms in total. The molecule has 7 heteroatoms. The Kier molecular flexibility index (Phi) is 8.99. The number of hydrogen-bond donors (Lipinski definition) is 2. The number of rotatable bonds is 13. The fourth-order valence-corrected chi connectivity index (χ4v) is 4.76. The van der Waals surface area contributed by atoms with Crippen LogP contribution in [0, 0.1) is 0 Å². The second kappa shape index (κ2) is 12.4. The quantitative estimate of drug-likeness (QED) is 0.309. The van der Waals surface area contributed by atoms with Gasteiger partial charge in [-0.1, -0.05) is 24.8 Å². The van der Waals surface area contributed by atoms with Crippen molar-refractivity contribution in [2.24, 2.45) is 4.99 Å². The smallest absolute Gasteiger partial charge is 0.325 e. The van der Waals surface area contributed by atoms with Gasteiger partial charge in [0.15, 0.2) is 0 Å². The molecule has 0 spiro atoms. The molecule has 1 saturated carbocycles. The minimum absolute atomic E-state index is 0.0557. The second-order valence-electron chi connectivity index (χ2n) is 9.80. The van der Waals surface area contributed by atoms with Crippen LogP contribution in [-0.2, 0) is 9.53 Å². The van der Waals surface area contributed by atoms with E-state index in [1.807, 2.05) is 35.2 Å². The Labute approximate surface area is 208 Å². The van der Waals surface area contributed by atoms with Gasteiger partial charge in [-0.2, -0.15) is 0 Å².